The van der Waals surface area contributed by atoms with E-state index >= 15 is 0 Å². The molecule has 0 unspecified atom stereocenters. The zero-order valence-corrected chi connectivity index (χ0v) is 16.6. The van der Waals surface area contributed by atoms with Crippen molar-refractivity contribution in [3.8, 4) is 23.0 Å². The number of hydrogen-bond acceptors (Lipinski definition) is 6. The van der Waals surface area contributed by atoms with E-state index in [9.17, 15) is 9.90 Å². The highest BCUT2D eigenvalue weighted by Crippen LogP contribution is 2.49. The van der Waals surface area contributed by atoms with Crippen molar-refractivity contribution in [3.05, 3.63) is 41.3 Å². The molecule has 1 amide bonds. The van der Waals surface area contributed by atoms with Gasteiger partial charge in [-0.2, -0.15) is 4.98 Å². The van der Waals surface area contributed by atoms with Crippen LogP contribution < -0.4 is 0 Å². The number of carbonyl (C=O) groups is 1. The van der Waals surface area contributed by atoms with E-state index in [4.69, 9.17) is 4.52 Å². The van der Waals surface area contributed by atoms with Crippen LogP contribution in [-0.4, -0.2) is 48.8 Å². The van der Waals surface area contributed by atoms with Crippen molar-refractivity contribution in [2.75, 3.05) is 13.2 Å². The molecular formula is C22H23N5O3. The number of rotatable bonds is 4. The maximum atomic E-state index is 12.4. The van der Waals surface area contributed by atoms with Gasteiger partial charge in [-0.25, -0.2) is 4.98 Å². The predicted molar refractivity (Wildman–Crippen MR) is 107 cm³/mol. The molecule has 0 spiro atoms. The molecule has 1 fully saturated rings. The highest BCUT2D eigenvalue weighted by atomic mass is 16.5. The average Bonchev–Trinajstić information content (AvgIpc) is 3.51. The Hall–Kier alpha value is -3.00. The van der Waals surface area contributed by atoms with Gasteiger partial charge in [0.2, 0.25) is 11.7 Å². The van der Waals surface area contributed by atoms with Gasteiger partial charge in [0.1, 0.15) is 11.5 Å². The quantitative estimate of drug-likeness (QED) is 0.716. The number of benzene rings is 1. The Morgan fingerprint density at radius 1 is 1.20 bits per heavy atom. The molecule has 2 aliphatic heterocycles. The molecule has 154 valence electrons. The standard InChI is InChI=1S/C22H23N5O3/c28-9-8-27-19(29)11-13-10-16-14(20(13)27)4-3-5-15(16)21-24-22(30-25-21)17-12-26-7-2-1-6-18(26)23-17/h3-5,12-13,20,28H,1-2,6-11H2/t13-,20+/m1/s1. The molecule has 1 aliphatic carbocycles. The lowest BCUT2D eigenvalue weighted by Crippen LogP contribution is -2.30. The van der Waals surface area contributed by atoms with Crippen molar-refractivity contribution in [1.82, 2.24) is 24.6 Å². The van der Waals surface area contributed by atoms with Gasteiger partial charge >= 0.3 is 0 Å². The second-order valence-electron chi connectivity index (χ2n) is 8.41. The molecule has 8 nitrogen and oxygen atoms in total. The van der Waals surface area contributed by atoms with Gasteiger partial charge in [-0.3, -0.25) is 4.79 Å². The second-order valence-corrected chi connectivity index (χ2v) is 8.41. The van der Waals surface area contributed by atoms with E-state index < -0.39 is 0 Å². The Morgan fingerprint density at radius 3 is 3.00 bits per heavy atom. The van der Waals surface area contributed by atoms with Crippen LogP contribution in [0.1, 0.15) is 42.3 Å². The van der Waals surface area contributed by atoms with Crippen molar-refractivity contribution in [3.63, 3.8) is 0 Å². The zero-order valence-electron chi connectivity index (χ0n) is 16.6. The normalized spacial score (nSPS) is 22.3. The van der Waals surface area contributed by atoms with Crippen LogP contribution in [0.15, 0.2) is 28.9 Å². The van der Waals surface area contributed by atoms with Crippen LogP contribution in [0.25, 0.3) is 23.0 Å². The number of amides is 1. The van der Waals surface area contributed by atoms with Crippen LogP contribution in [0.4, 0.5) is 0 Å². The summed E-state index contributed by atoms with van der Waals surface area (Å²) in [5.41, 5.74) is 4.01. The average molecular weight is 405 g/mol. The molecule has 1 N–H and O–H groups in total. The summed E-state index contributed by atoms with van der Waals surface area (Å²) in [5, 5.41) is 13.6. The molecule has 30 heavy (non-hydrogen) atoms. The first-order valence-electron chi connectivity index (χ1n) is 10.7. The fourth-order valence-corrected chi connectivity index (χ4v) is 5.37. The number of carbonyl (C=O) groups excluding carboxylic acids is 1. The number of likely N-dealkylation sites (tertiary alicyclic amines) is 1. The SMILES string of the molecule is O=C1C[C@H]2Cc3c(-c4noc(-c5cn6c(n5)CCCC6)n4)cccc3[C@H]2N1CCO. The van der Waals surface area contributed by atoms with E-state index in [1.165, 1.54) is 18.4 Å². The summed E-state index contributed by atoms with van der Waals surface area (Å²) in [6.45, 7) is 1.34. The van der Waals surface area contributed by atoms with Crippen molar-refractivity contribution < 1.29 is 14.4 Å². The van der Waals surface area contributed by atoms with E-state index in [-0.39, 0.29) is 24.5 Å². The molecule has 0 saturated carbocycles. The van der Waals surface area contributed by atoms with Crippen molar-refractivity contribution in [1.29, 1.82) is 0 Å². The summed E-state index contributed by atoms with van der Waals surface area (Å²) in [6, 6.07) is 6.12. The van der Waals surface area contributed by atoms with Gasteiger partial charge in [-0.1, -0.05) is 23.4 Å². The third kappa shape index (κ3) is 2.63. The molecule has 0 bridgehead atoms. The summed E-state index contributed by atoms with van der Waals surface area (Å²) >= 11 is 0. The van der Waals surface area contributed by atoms with Gasteiger partial charge in [-0.05, 0) is 36.3 Å². The number of aliphatic hydroxyl groups is 1. The number of imidazole rings is 1. The van der Waals surface area contributed by atoms with E-state index in [2.05, 4.69) is 25.8 Å². The van der Waals surface area contributed by atoms with Crippen LogP contribution in [-0.2, 0) is 24.2 Å². The number of aromatic nitrogens is 4. The minimum atomic E-state index is -0.0210. The summed E-state index contributed by atoms with van der Waals surface area (Å²) in [7, 11) is 0. The molecule has 1 aromatic carbocycles. The van der Waals surface area contributed by atoms with E-state index in [0.717, 1.165) is 42.0 Å². The molecule has 0 radical (unpaired) electrons. The lowest BCUT2D eigenvalue weighted by molar-refractivity contribution is -0.129. The molecule has 1 saturated heterocycles. The van der Waals surface area contributed by atoms with E-state index in [1.54, 1.807) is 0 Å². The molecule has 2 aromatic heterocycles. The maximum Gasteiger partial charge on any atom is 0.278 e. The monoisotopic (exact) mass is 405 g/mol. The largest absolute Gasteiger partial charge is 0.395 e. The molecular weight excluding hydrogens is 382 g/mol. The summed E-state index contributed by atoms with van der Waals surface area (Å²) in [5.74, 6) is 2.46. The summed E-state index contributed by atoms with van der Waals surface area (Å²) in [4.78, 5) is 23.5. The lowest BCUT2D eigenvalue weighted by Gasteiger charge is -2.24. The van der Waals surface area contributed by atoms with Crippen molar-refractivity contribution in [2.24, 2.45) is 5.92 Å². The van der Waals surface area contributed by atoms with Gasteiger partial charge < -0.3 is 19.1 Å². The van der Waals surface area contributed by atoms with Gasteiger partial charge in [0.15, 0.2) is 0 Å². The number of nitrogens with zero attached hydrogens (tertiary/aromatic N) is 5. The third-order valence-corrected chi connectivity index (χ3v) is 6.67. The van der Waals surface area contributed by atoms with Gasteiger partial charge in [-0.15, -0.1) is 0 Å². The molecule has 4 heterocycles. The first-order chi connectivity index (χ1) is 14.7. The third-order valence-electron chi connectivity index (χ3n) is 6.67. The van der Waals surface area contributed by atoms with Gasteiger partial charge in [0.05, 0.1) is 12.6 Å². The summed E-state index contributed by atoms with van der Waals surface area (Å²) < 4.78 is 7.76. The van der Waals surface area contributed by atoms with Crippen molar-refractivity contribution in [2.45, 2.75) is 44.7 Å². The first kappa shape index (κ1) is 17.8. The molecule has 6 rings (SSSR count). The fourth-order valence-electron chi connectivity index (χ4n) is 5.37. The number of aliphatic hydroxyl groups excluding tert-OH is 1. The minimum absolute atomic E-state index is 0.0210. The fraction of sp³-hybridized carbons (Fsp3) is 0.455. The Kier molecular flexibility index (Phi) is 4.02. The highest BCUT2D eigenvalue weighted by Gasteiger charge is 2.46. The highest BCUT2D eigenvalue weighted by molar-refractivity contribution is 5.81. The number of hydrogen-bond donors (Lipinski definition) is 1. The Balaban J connectivity index is 1.35. The number of aryl methyl sites for hydroxylation is 2. The van der Waals surface area contributed by atoms with Crippen LogP contribution in [0.2, 0.25) is 0 Å². The van der Waals surface area contributed by atoms with Crippen LogP contribution in [0.3, 0.4) is 0 Å². The maximum absolute atomic E-state index is 12.4. The lowest BCUT2D eigenvalue weighted by atomic mass is 10.0. The first-order valence-corrected chi connectivity index (χ1v) is 10.7. The number of β-amino-alcohol motifs (C(OH)–C–C–N with tert-alkyl or cyclic N) is 1. The van der Waals surface area contributed by atoms with Gasteiger partial charge in [0.25, 0.3) is 5.89 Å². The molecule has 3 aromatic rings. The van der Waals surface area contributed by atoms with Gasteiger partial charge in [0, 0.05) is 37.7 Å². The van der Waals surface area contributed by atoms with Crippen LogP contribution >= 0.6 is 0 Å². The molecule has 3 aliphatic rings. The molecule has 2 atom stereocenters. The Bertz CT molecular complexity index is 1110. The van der Waals surface area contributed by atoms with Crippen LogP contribution in [0, 0.1) is 5.92 Å². The predicted octanol–water partition coefficient (Wildman–Crippen LogP) is 2.37. The Morgan fingerprint density at radius 2 is 2.13 bits per heavy atom. The minimum Gasteiger partial charge on any atom is -0.395 e. The smallest absolute Gasteiger partial charge is 0.278 e. The second kappa shape index (κ2) is 6.77. The Labute approximate surface area is 173 Å². The van der Waals surface area contributed by atoms with Crippen molar-refractivity contribution >= 4 is 5.91 Å². The topological polar surface area (TPSA) is 97.3 Å². The summed E-state index contributed by atoms with van der Waals surface area (Å²) in [6.07, 6.45) is 6.66. The van der Waals surface area contributed by atoms with E-state index in [1.807, 2.05) is 23.2 Å². The van der Waals surface area contributed by atoms with Crippen LogP contribution in [0.5, 0.6) is 0 Å². The number of fused-ring (bicyclic) bond motifs is 4. The molecule has 8 heteroatoms. The van der Waals surface area contributed by atoms with E-state index in [0.29, 0.717) is 24.7 Å². The zero-order chi connectivity index (χ0) is 20.2.